The molecule has 1 heterocycles. The molecule has 0 aliphatic rings. The second kappa shape index (κ2) is 4.59. The summed E-state index contributed by atoms with van der Waals surface area (Å²) in [4.78, 5) is 4.10. The highest BCUT2D eigenvalue weighted by Crippen LogP contribution is 2.25. The van der Waals surface area contributed by atoms with E-state index >= 15 is 0 Å². The second-order valence-electron chi connectivity index (χ2n) is 3.24. The summed E-state index contributed by atoms with van der Waals surface area (Å²) >= 11 is 1.45. The van der Waals surface area contributed by atoms with Gasteiger partial charge in [0.05, 0.1) is 13.2 Å². The van der Waals surface area contributed by atoms with Crippen molar-refractivity contribution in [3.05, 3.63) is 46.2 Å². The summed E-state index contributed by atoms with van der Waals surface area (Å²) in [5.41, 5.74) is 6.65. The van der Waals surface area contributed by atoms with Crippen LogP contribution in [-0.2, 0) is 0 Å². The predicted molar refractivity (Wildman–Crippen MR) is 61.1 cm³/mol. The molecule has 5 heteroatoms. The first kappa shape index (κ1) is 11.0. The Balaban J connectivity index is 2.31. The number of aromatic nitrogens is 1. The van der Waals surface area contributed by atoms with Crippen LogP contribution in [0.3, 0.4) is 0 Å². The monoisotopic (exact) mass is 238 g/mol. The Kier molecular flexibility index (Phi) is 3.17. The maximum absolute atomic E-state index is 13.5. The Labute approximate surface area is 96.7 Å². The Morgan fingerprint density at radius 3 is 2.88 bits per heavy atom. The molecule has 2 aromatic rings. The van der Waals surface area contributed by atoms with Crippen LogP contribution in [0.15, 0.2) is 29.8 Å². The van der Waals surface area contributed by atoms with Gasteiger partial charge in [-0.3, -0.25) is 0 Å². The minimum atomic E-state index is -0.410. The number of methoxy groups -OCH3 is 1. The Morgan fingerprint density at radius 2 is 2.31 bits per heavy atom. The molecular weight excluding hydrogens is 227 g/mol. The highest BCUT2D eigenvalue weighted by Gasteiger charge is 2.13. The Bertz CT molecular complexity index is 473. The minimum absolute atomic E-state index is 0.218. The molecule has 0 radical (unpaired) electrons. The van der Waals surface area contributed by atoms with Crippen molar-refractivity contribution in [1.82, 2.24) is 4.98 Å². The molecule has 0 spiro atoms. The number of thiazole rings is 1. The summed E-state index contributed by atoms with van der Waals surface area (Å²) in [6, 6.07) is 4.30. The van der Waals surface area contributed by atoms with Crippen molar-refractivity contribution >= 4 is 11.3 Å². The van der Waals surface area contributed by atoms with E-state index in [9.17, 15) is 4.39 Å². The van der Waals surface area contributed by atoms with Gasteiger partial charge in [-0.05, 0) is 17.7 Å². The predicted octanol–water partition coefficient (Wildman–Crippen LogP) is 2.34. The van der Waals surface area contributed by atoms with Gasteiger partial charge in [-0.25, -0.2) is 9.37 Å². The largest absolute Gasteiger partial charge is 0.494 e. The number of nitrogens with zero attached hydrogens (tertiary/aromatic N) is 1. The smallest absolute Gasteiger partial charge is 0.165 e. The lowest BCUT2D eigenvalue weighted by atomic mass is 10.1. The molecule has 0 fully saturated rings. The summed E-state index contributed by atoms with van der Waals surface area (Å²) in [5, 5.41) is 2.61. The zero-order valence-electron chi connectivity index (χ0n) is 8.68. The highest BCUT2D eigenvalue weighted by molar-refractivity contribution is 7.09. The van der Waals surface area contributed by atoms with Crippen molar-refractivity contribution in [1.29, 1.82) is 0 Å². The maximum atomic E-state index is 13.5. The average molecular weight is 238 g/mol. The van der Waals surface area contributed by atoms with Gasteiger partial charge in [-0.2, -0.15) is 0 Å². The molecule has 84 valence electrons. The van der Waals surface area contributed by atoms with E-state index in [2.05, 4.69) is 4.98 Å². The third-order valence-electron chi connectivity index (χ3n) is 2.25. The van der Waals surface area contributed by atoms with Crippen LogP contribution in [0.5, 0.6) is 5.75 Å². The minimum Gasteiger partial charge on any atom is -0.494 e. The number of halogens is 1. The third-order valence-corrected chi connectivity index (χ3v) is 3.11. The molecule has 16 heavy (non-hydrogen) atoms. The topological polar surface area (TPSA) is 48.1 Å². The van der Waals surface area contributed by atoms with E-state index in [-0.39, 0.29) is 11.8 Å². The summed E-state index contributed by atoms with van der Waals surface area (Å²) in [6.45, 7) is 0. The van der Waals surface area contributed by atoms with Crippen LogP contribution in [0.2, 0.25) is 0 Å². The number of hydrogen-bond donors (Lipinski definition) is 1. The van der Waals surface area contributed by atoms with Gasteiger partial charge in [0.15, 0.2) is 11.6 Å². The SMILES string of the molecule is COc1ccc(C(N)c2nccs2)cc1F. The van der Waals surface area contributed by atoms with Crippen LogP contribution in [0.25, 0.3) is 0 Å². The standard InChI is InChI=1S/C11H11FN2OS/c1-15-9-3-2-7(6-8(9)12)10(13)11-14-4-5-16-11/h2-6,10H,13H2,1H3. The molecule has 0 saturated carbocycles. The molecule has 0 aliphatic heterocycles. The molecule has 1 atom stereocenters. The Hall–Kier alpha value is -1.46. The van der Waals surface area contributed by atoms with E-state index in [1.165, 1.54) is 24.5 Å². The number of rotatable bonds is 3. The van der Waals surface area contributed by atoms with E-state index in [1.807, 2.05) is 5.38 Å². The van der Waals surface area contributed by atoms with Crippen LogP contribution in [-0.4, -0.2) is 12.1 Å². The van der Waals surface area contributed by atoms with Crippen LogP contribution >= 0.6 is 11.3 Å². The van der Waals surface area contributed by atoms with Crippen LogP contribution in [0, 0.1) is 5.82 Å². The molecule has 1 unspecified atom stereocenters. The normalized spacial score (nSPS) is 12.4. The van der Waals surface area contributed by atoms with Gasteiger partial charge >= 0.3 is 0 Å². The zero-order chi connectivity index (χ0) is 11.5. The van der Waals surface area contributed by atoms with E-state index in [4.69, 9.17) is 10.5 Å². The van der Waals surface area contributed by atoms with Crippen molar-refractivity contribution in [2.45, 2.75) is 6.04 Å². The molecule has 2 N–H and O–H groups in total. The van der Waals surface area contributed by atoms with Gasteiger partial charge in [0.25, 0.3) is 0 Å². The highest BCUT2D eigenvalue weighted by atomic mass is 32.1. The number of nitrogens with two attached hydrogens (primary N) is 1. The molecule has 0 bridgehead atoms. The van der Waals surface area contributed by atoms with Gasteiger partial charge in [0, 0.05) is 11.6 Å². The van der Waals surface area contributed by atoms with E-state index in [0.29, 0.717) is 5.56 Å². The first-order valence-corrected chi connectivity index (χ1v) is 5.58. The summed E-state index contributed by atoms with van der Waals surface area (Å²) in [5.74, 6) is -0.193. The van der Waals surface area contributed by atoms with Crippen LogP contribution in [0.1, 0.15) is 16.6 Å². The lowest BCUT2D eigenvalue weighted by Crippen LogP contribution is -2.11. The van der Waals surface area contributed by atoms with Gasteiger partial charge in [0.1, 0.15) is 5.01 Å². The van der Waals surface area contributed by atoms with E-state index < -0.39 is 5.82 Å². The van der Waals surface area contributed by atoms with E-state index in [0.717, 1.165) is 5.01 Å². The fraction of sp³-hybridized carbons (Fsp3) is 0.182. The summed E-state index contributed by atoms with van der Waals surface area (Å²) in [7, 11) is 1.43. The van der Waals surface area contributed by atoms with E-state index in [1.54, 1.807) is 18.3 Å². The molecule has 0 aliphatic carbocycles. The van der Waals surface area contributed by atoms with Crippen molar-refractivity contribution < 1.29 is 9.13 Å². The van der Waals surface area contributed by atoms with Crippen molar-refractivity contribution in [2.75, 3.05) is 7.11 Å². The molecule has 2 rings (SSSR count). The number of benzene rings is 1. The first-order valence-electron chi connectivity index (χ1n) is 4.71. The second-order valence-corrected chi connectivity index (χ2v) is 4.17. The van der Waals surface area contributed by atoms with Crippen molar-refractivity contribution in [3.63, 3.8) is 0 Å². The molecule has 1 aromatic carbocycles. The summed E-state index contributed by atoms with van der Waals surface area (Å²) in [6.07, 6.45) is 1.68. The Morgan fingerprint density at radius 1 is 1.50 bits per heavy atom. The summed E-state index contributed by atoms with van der Waals surface area (Å²) < 4.78 is 18.3. The van der Waals surface area contributed by atoms with Gasteiger partial charge < -0.3 is 10.5 Å². The van der Waals surface area contributed by atoms with Crippen molar-refractivity contribution in [2.24, 2.45) is 5.73 Å². The van der Waals surface area contributed by atoms with Gasteiger partial charge in [-0.1, -0.05) is 6.07 Å². The molecule has 1 aromatic heterocycles. The number of hydrogen-bond acceptors (Lipinski definition) is 4. The van der Waals surface area contributed by atoms with Crippen LogP contribution in [0.4, 0.5) is 4.39 Å². The quantitative estimate of drug-likeness (QED) is 0.892. The zero-order valence-corrected chi connectivity index (χ0v) is 9.50. The van der Waals surface area contributed by atoms with Gasteiger partial charge in [-0.15, -0.1) is 11.3 Å². The molecule has 0 amide bonds. The van der Waals surface area contributed by atoms with Crippen LogP contribution < -0.4 is 10.5 Å². The number of ether oxygens (including phenoxy) is 1. The maximum Gasteiger partial charge on any atom is 0.165 e. The molecule has 3 nitrogen and oxygen atoms in total. The lowest BCUT2D eigenvalue weighted by Gasteiger charge is -2.10. The van der Waals surface area contributed by atoms with Gasteiger partial charge in [0.2, 0.25) is 0 Å². The molecular formula is C11H11FN2OS. The fourth-order valence-corrected chi connectivity index (χ4v) is 2.07. The lowest BCUT2D eigenvalue weighted by molar-refractivity contribution is 0.386. The first-order chi connectivity index (χ1) is 7.72. The fourth-order valence-electron chi connectivity index (χ4n) is 1.41. The third kappa shape index (κ3) is 2.05. The molecule has 0 saturated heterocycles. The average Bonchev–Trinajstić information content (AvgIpc) is 2.81. The van der Waals surface area contributed by atoms with Crippen molar-refractivity contribution in [3.8, 4) is 5.75 Å².